The molecule has 1 aliphatic rings. The van der Waals surface area contributed by atoms with Crippen LogP contribution in [-0.2, 0) is 21.5 Å². The molecule has 0 spiro atoms. The monoisotopic (exact) mass is 498 g/mol. The molecule has 5 amide bonds. The molecule has 0 radical (unpaired) electrons. The van der Waals surface area contributed by atoms with E-state index in [0.29, 0.717) is 36.2 Å². The maximum Gasteiger partial charge on any atom is 0.325 e. The molecule has 0 unspecified atom stereocenters. The van der Waals surface area contributed by atoms with Crippen LogP contribution in [0.2, 0.25) is 0 Å². The lowest BCUT2D eigenvalue weighted by molar-refractivity contribution is -0.134. The fourth-order valence-corrected chi connectivity index (χ4v) is 4.43. The maximum absolute atomic E-state index is 13.4. The van der Waals surface area contributed by atoms with E-state index in [4.69, 9.17) is 0 Å². The quantitative estimate of drug-likeness (QED) is 0.391. The van der Waals surface area contributed by atoms with Gasteiger partial charge in [-0.05, 0) is 43.0 Å². The molecule has 8 heteroatoms. The number of nitrogens with zero attached hydrogens (tertiary/aromatic N) is 1. The van der Waals surface area contributed by atoms with Gasteiger partial charge in [0.05, 0.1) is 11.3 Å². The Labute approximate surface area is 216 Å². The van der Waals surface area contributed by atoms with Gasteiger partial charge in [0.2, 0.25) is 5.91 Å². The van der Waals surface area contributed by atoms with E-state index in [-0.39, 0.29) is 5.91 Å². The zero-order valence-electron chi connectivity index (χ0n) is 20.9. The lowest BCUT2D eigenvalue weighted by atomic mass is 9.87. The minimum Gasteiger partial charge on any atom is -0.352 e. The summed E-state index contributed by atoms with van der Waals surface area (Å²) in [5.41, 5.74) is 2.18. The molecule has 190 valence electrons. The van der Waals surface area contributed by atoms with Crippen molar-refractivity contribution in [3.05, 3.63) is 101 Å². The van der Waals surface area contributed by atoms with E-state index in [1.807, 2.05) is 68.4 Å². The van der Waals surface area contributed by atoms with Crippen molar-refractivity contribution in [1.82, 2.24) is 15.5 Å². The second-order valence-corrected chi connectivity index (χ2v) is 9.03. The summed E-state index contributed by atoms with van der Waals surface area (Å²) < 4.78 is 0. The number of urea groups is 1. The van der Waals surface area contributed by atoms with Crippen molar-refractivity contribution in [3.8, 4) is 0 Å². The third-order valence-electron chi connectivity index (χ3n) is 6.54. The van der Waals surface area contributed by atoms with E-state index < -0.39 is 29.9 Å². The molecule has 4 rings (SSSR count). The number of carbonyl (C=O) groups is 4. The lowest BCUT2D eigenvalue weighted by Gasteiger charge is -2.26. The molecule has 37 heavy (non-hydrogen) atoms. The first-order valence-electron chi connectivity index (χ1n) is 12.3. The van der Waals surface area contributed by atoms with Gasteiger partial charge in [0.15, 0.2) is 0 Å². The van der Waals surface area contributed by atoms with Crippen molar-refractivity contribution in [1.29, 1.82) is 0 Å². The Bertz CT molecular complexity index is 1310. The summed E-state index contributed by atoms with van der Waals surface area (Å²) in [5.74, 6) is -1.39. The number of amides is 5. The number of nitrogens with one attached hydrogen (secondary N) is 3. The van der Waals surface area contributed by atoms with Gasteiger partial charge in [0.1, 0.15) is 12.1 Å². The Morgan fingerprint density at radius 1 is 0.919 bits per heavy atom. The maximum atomic E-state index is 13.4. The topological polar surface area (TPSA) is 108 Å². The Hall–Kier alpha value is -4.46. The number of carbonyl (C=O) groups excluding carboxylic acids is 4. The van der Waals surface area contributed by atoms with Crippen molar-refractivity contribution < 1.29 is 19.2 Å². The van der Waals surface area contributed by atoms with Crippen LogP contribution in [0.5, 0.6) is 0 Å². The molecule has 8 nitrogen and oxygen atoms in total. The first-order chi connectivity index (χ1) is 17.8. The molecule has 0 aliphatic carbocycles. The van der Waals surface area contributed by atoms with Crippen LogP contribution >= 0.6 is 0 Å². The molecule has 3 aromatic rings. The van der Waals surface area contributed by atoms with Crippen molar-refractivity contribution >= 4 is 29.4 Å². The van der Waals surface area contributed by atoms with Crippen LogP contribution in [0.1, 0.15) is 40.4 Å². The highest BCUT2D eigenvalue weighted by molar-refractivity contribution is 6.11. The molecule has 0 aromatic heterocycles. The van der Waals surface area contributed by atoms with Gasteiger partial charge in [-0.1, -0.05) is 79.2 Å². The molecule has 1 heterocycles. The Morgan fingerprint density at radius 3 is 2.30 bits per heavy atom. The minimum atomic E-state index is -1.22. The van der Waals surface area contributed by atoms with Crippen LogP contribution in [0.25, 0.3) is 0 Å². The molecule has 0 saturated carbocycles. The van der Waals surface area contributed by atoms with Gasteiger partial charge in [-0.15, -0.1) is 0 Å². The van der Waals surface area contributed by atoms with Gasteiger partial charge in [-0.3, -0.25) is 19.3 Å². The zero-order chi connectivity index (χ0) is 26.4. The third kappa shape index (κ3) is 5.53. The fourth-order valence-electron chi connectivity index (χ4n) is 4.43. The van der Waals surface area contributed by atoms with E-state index in [9.17, 15) is 19.2 Å². The largest absolute Gasteiger partial charge is 0.352 e. The number of anilines is 1. The second-order valence-electron chi connectivity index (χ2n) is 9.03. The van der Waals surface area contributed by atoms with E-state index >= 15 is 0 Å². The fraction of sp³-hybridized carbons (Fsp3) is 0.241. The number of hydrogen-bond donors (Lipinski definition) is 3. The average Bonchev–Trinajstić information content (AvgIpc) is 3.15. The van der Waals surface area contributed by atoms with Gasteiger partial charge < -0.3 is 16.0 Å². The third-order valence-corrected chi connectivity index (χ3v) is 6.54. The second kappa shape index (κ2) is 11.1. The Balaban J connectivity index is 1.42. The van der Waals surface area contributed by atoms with Crippen LogP contribution in [0.3, 0.4) is 0 Å². The smallest absolute Gasteiger partial charge is 0.325 e. The van der Waals surface area contributed by atoms with E-state index in [2.05, 4.69) is 16.0 Å². The first kappa shape index (κ1) is 25.6. The summed E-state index contributed by atoms with van der Waals surface area (Å²) in [4.78, 5) is 52.7. The number of benzene rings is 3. The molecule has 3 N–H and O–H groups in total. The number of aryl methyl sites for hydroxylation is 1. The minimum absolute atomic E-state index is 0.295. The standard InChI is InChI=1S/C29H30N4O4/c1-3-29(22-15-13-20(2)14-16-22)27(36)33(28(37)32-29)19-25(34)31-24-12-8-7-11-23(24)26(35)30-18-17-21-9-5-4-6-10-21/h4-16H,3,17-19H2,1-2H3,(H,30,35)(H,31,34)(H,32,37)/t29-/m0/s1. The Kier molecular flexibility index (Phi) is 7.67. The van der Waals surface area contributed by atoms with E-state index in [0.717, 1.165) is 16.0 Å². The number of hydrogen-bond acceptors (Lipinski definition) is 4. The summed E-state index contributed by atoms with van der Waals surface area (Å²) in [5, 5.41) is 8.34. The van der Waals surface area contributed by atoms with Crippen LogP contribution < -0.4 is 16.0 Å². The van der Waals surface area contributed by atoms with E-state index in [1.54, 1.807) is 24.3 Å². The normalized spacial score (nSPS) is 16.9. The number of para-hydroxylation sites is 1. The predicted molar refractivity (Wildman–Crippen MR) is 141 cm³/mol. The van der Waals surface area contributed by atoms with Gasteiger partial charge in [0, 0.05) is 6.54 Å². The summed E-state index contributed by atoms with van der Waals surface area (Å²) in [6.45, 7) is 3.72. The number of imide groups is 1. The van der Waals surface area contributed by atoms with Crippen LogP contribution in [0.15, 0.2) is 78.9 Å². The number of rotatable bonds is 9. The average molecular weight is 499 g/mol. The zero-order valence-corrected chi connectivity index (χ0v) is 20.9. The molecule has 3 aromatic carbocycles. The highest BCUT2D eigenvalue weighted by Crippen LogP contribution is 2.32. The van der Waals surface area contributed by atoms with Crippen LogP contribution in [-0.4, -0.2) is 41.7 Å². The van der Waals surface area contributed by atoms with Gasteiger partial charge >= 0.3 is 6.03 Å². The van der Waals surface area contributed by atoms with Gasteiger partial charge in [-0.25, -0.2) is 4.79 Å². The SMILES string of the molecule is CC[C@@]1(c2ccc(C)cc2)NC(=O)N(CC(=O)Nc2ccccc2C(=O)NCCc2ccccc2)C1=O. The summed E-state index contributed by atoms with van der Waals surface area (Å²) in [7, 11) is 0. The van der Waals surface area contributed by atoms with Crippen LogP contribution in [0.4, 0.5) is 10.5 Å². The summed E-state index contributed by atoms with van der Waals surface area (Å²) in [6, 6.07) is 23.2. The highest BCUT2D eigenvalue weighted by atomic mass is 16.2. The first-order valence-corrected chi connectivity index (χ1v) is 12.3. The van der Waals surface area contributed by atoms with Crippen molar-refractivity contribution in [2.45, 2.75) is 32.2 Å². The van der Waals surface area contributed by atoms with Crippen molar-refractivity contribution in [2.24, 2.45) is 0 Å². The lowest BCUT2D eigenvalue weighted by Crippen LogP contribution is -2.44. The summed E-state index contributed by atoms with van der Waals surface area (Å²) in [6.07, 6.45) is 1.01. The van der Waals surface area contributed by atoms with E-state index in [1.165, 1.54) is 0 Å². The molecule has 0 bridgehead atoms. The highest BCUT2D eigenvalue weighted by Gasteiger charge is 2.51. The summed E-state index contributed by atoms with van der Waals surface area (Å²) >= 11 is 0. The predicted octanol–water partition coefficient (Wildman–Crippen LogP) is 3.76. The van der Waals surface area contributed by atoms with Crippen molar-refractivity contribution in [3.63, 3.8) is 0 Å². The molecule has 1 fully saturated rings. The molecule has 1 atom stereocenters. The van der Waals surface area contributed by atoms with Gasteiger partial charge in [-0.2, -0.15) is 0 Å². The molecular weight excluding hydrogens is 468 g/mol. The van der Waals surface area contributed by atoms with Gasteiger partial charge in [0.25, 0.3) is 11.8 Å². The van der Waals surface area contributed by atoms with Crippen LogP contribution in [0, 0.1) is 6.92 Å². The molecule has 1 saturated heterocycles. The van der Waals surface area contributed by atoms with Crippen molar-refractivity contribution in [2.75, 3.05) is 18.4 Å². The Morgan fingerprint density at radius 2 is 1.59 bits per heavy atom. The molecule has 1 aliphatic heterocycles. The molecular formula is C29H30N4O4.